The molecule has 0 spiro atoms. The van der Waals surface area contributed by atoms with Gasteiger partial charge in [0, 0.05) is 12.0 Å². The molecule has 1 aromatic carbocycles. The monoisotopic (exact) mass is 193 g/mol. The quantitative estimate of drug-likeness (QED) is 0.784. The molecule has 2 N–H and O–H groups in total. The maximum absolute atomic E-state index is 12.5. The van der Waals surface area contributed by atoms with Gasteiger partial charge < -0.3 is 5.73 Å². The average Bonchev–Trinajstić information content (AvgIpc) is 2.99. The molecule has 1 fully saturated rings. The van der Waals surface area contributed by atoms with Crippen molar-refractivity contribution in [3.8, 4) is 0 Å². The van der Waals surface area contributed by atoms with Gasteiger partial charge in [-0.15, -0.1) is 0 Å². The molecule has 2 rings (SSSR count). The van der Waals surface area contributed by atoms with Gasteiger partial charge in [-0.05, 0) is 36.5 Å². The Morgan fingerprint density at radius 2 is 2.14 bits per heavy atom. The van der Waals surface area contributed by atoms with E-state index in [0.717, 1.165) is 18.4 Å². The Morgan fingerprint density at radius 1 is 1.43 bits per heavy atom. The van der Waals surface area contributed by atoms with Crippen LogP contribution in [0.15, 0.2) is 18.2 Å². The van der Waals surface area contributed by atoms with Gasteiger partial charge in [-0.25, -0.2) is 4.39 Å². The van der Waals surface area contributed by atoms with Gasteiger partial charge in [0.15, 0.2) is 0 Å². The van der Waals surface area contributed by atoms with E-state index >= 15 is 0 Å². The second kappa shape index (κ2) is 3.35. The van der Waals surface area contributed by atoms with Gasteiger partial charge in [0.2, 0.25) is 0 Å². The number of hydrogen-bond acceptors (Lipinski definition) is 1. The largest absolute Gasteiger partial charge is 0.330 e. The second-order valence-corrected chi connectivity index (χ2v) is 4.27. The molecule has 1 saturated carbocycles. The molecule has 0 bridgehead atoms. The zero-order valence-electron chi connectivity index (χ0n) is 8.52. The van der Waals surface area contributed by atoms with E-state index in [1.165, 1.54) is 11.1 Å². The molecule has 0 aliphatic heterocycles. The maximum atomic E-state index is 12.5. The zero-order chi connectivity index (χ0) is 10.2. The van der Waals surface area contributed by atoms with Crippen molar-refractivity contribution in [1.29, 1.82) is 0 Å². The van der Waals surface area contributed by atoms with E-state index in [1.807, 2.05) is 18.2 Å². The van der Waals surface area contributed by atoms with Crippen LogP contribution >= 0.6 is 0 Å². The summed E-state index contributed by atoms with van der Waals surface area (Å²) >= 11 is 0. The molecule has 1 aliphatic carbocycles. The van der Waals surface area contributed by atoms with Crippen molar-refractivity contribution in [2.75, 3.05) is 6.54 Å². The summed E-state index contributed by atoms with van der Waals surface area (Å²) in [6.07, 6.45) is 2.31. The zero-order valence-corrected chi connectivity index (χ0v) is 8.52. The summed E-state index contributed by atoms with van der Waals surface area (Å²) in [5.41, 5.74) is 9.21. The van der Waals surface area contributed by atoms with Gasteiger partial charge in [-0.1, -0.05) is 18.2 Å². The van der Waals surface area contributed by atoms with E-state index < -0.39 is 0 Å². The third-order valence-electron chi connectivity index (χ3n) is 3.27. The number of alkyl halides is 1. The van der Waals surface area contributed by atoms with Crippen LogP contribution in [-0.2, 0) is 12.1 Å². The summed E-state index contributed by atoms with van der Waals surface area (Å²) in [6, 6.07) is 5.83. The van der Waals surface area contributed by atoms with Crippen molar-refractivity contribution in [2.45, 2.75) is 31.9 Å². The van der Waals surface area contributed by atoms with E-state index in [9.17, 15) is 4.39 Å². The molecule has 2 heteroatoms. The first kappa shape index (κ1) is 9.66. The van der Waals surface area contributed by atoms with Crippen LogP contribution in [0.2, 0.25) is 0 Å². The summed E-state index contributed by atoms with van der Waals surface area (Å²) in [7, 11) is 0. The number of rotatable bonds is 3. The minimum Gasteiger partial charge on any atom is -0.330 e. The van der Waals surface area contributed by atoms with E-state index in [0.29, 0.717) is 6.54 Å². The standard InChI is InChI=1S/C12H16FN/c1-9-2-3-10(7-13)6-11(9)12(8-14)4-5-12/h2-3,6H,4-5,7-8,14H2,1H3. The summed E-state index contributed by atoms with van der Waals surface area (Å²) in [5, 5.41) is 0. The molecular weight excluding hydrogens is 177 g/mol. The van der Waals surface area contributed by atoms with Crippen LogP contribution in [0.1, 0.15) is 29.5 Å². The number of halogens is 1. The highest BCUT2D eigenvalue weighted by atomic mass is 19.1. The Kier molecular flexibility index (Phi) is 2.31. The highest BCUT2D eigenvalue weighted by Gasteiger charge is 2.43. The van der Waals surface area contributed by atoms with Crippen molar-refractivity contribution in [3.05, 3.63) is 34.9 Å². The van der Waals surface area contributed by atoms with Crippen LogP contribution in [0.25, 0.3) is 0 Å². The van der Waals surface area contributed by atoms with E-state index in [2.05, 4.69) is 6.92 Å². The van der Waals surface area contributed by atoms with Gasteiger partial charge in [0.1, 0.15) is 6.67 Å². The molecule has 1 nitrogen and oxygen atoms in total. The summed E-state index contributed by atoms with van der Waals surface area (Å²) in [4.78, 5) is 0. The topological polar surface area (TPSA) is 26.0 Å². The van der Waals surface area contributed by atoms with Crippen LogP contribution in [0, 0.1) is 6.92 Å². The molecule has 14 heavy (non-hydrogen) atoms. The number of hydrogen-bond donors (Lipinski definition) is 1. The van der Waals surface area contributed by atoms with E-state index in [1.54, 1.807) is 0 Å². The van der Waals surface area contributed by atoms with Crippen LogP contribution in [0.5, 0.6) is 0 Å². The first-order valence-corrected chi connectivity index (χ1v) is 5.08. The van der Waals surface area contributed by atoms with Crippen molar-refractivity contribution in [3.63, 3.8) is 0 Å². The molecule has 0 heterocycles. The number of nitrogens with two attached hydrogens (primary N) is 1. The Labute approximate surface area is 84.1 Å². The van der Waals surface area contributed by atoms with Crippen molar-refractivity contribution >= 4 is 0 Å². The van der Waals surface area contributed by atoms with Crippen molar-refractivity contribution < 1.29 is 4.39 Å². The predicted octanol–water partition coefficient (Wildman–Crippen LogP) is 2.45. The van der Waals surface area contributed by atoms with E-state index in [-0.39, 0.29) is 12.1 Å². The molecule has 0 unspecified atom stereocenters. The Hall–Kier alpha value is -0.890. The number of aryl methyl sites for hydroxylation is 1. The van der Waals surface area contributed by atoms with Crippen LogP contribution in [0.4, 0.5) is 4.39 Å². The molecule has 76 valence electrons. The highest BCUT2D eigenvalue weighted by Crippen LogP contribution is 2.48. The molecule has 0 aromatic heterocycles. The molecule has 0 amide bonds. The van der Waals surface area contributed by atoms with Gasteiger partial charge in [-0.3, -0.25) is 0 Å². The lowest BCUT2D eigenvalue weighted by molar-refractivity contribution is 0.484. The Bertz CT molecular complexity index is 342. The van der Waals surface area contributed by atoms with Crippen LogP contribution < -0.4 is 5.73 Å². The fourth-order valence-electron chi connectivity index (χ4n) is 2.06. The second-order valence-electron chi connectivity index (χ2n) is 4.27. The lowest BCUT2D eigenvalue weighted by Gasteiger charge is -2.16. The minimum absolute atomic E-state index is 0.176. The van der Waals surface area contributed by atoms with Crippen molar-refractivity contribution in [2.24, 2.45) is 5.73 Å². The molecule has 0 saturated heterocycles. The third-order valence-corrected chi connectivity index (χ3v) is 3.27. The first-order valence-electron chi connectivity index (χ1n) is 5.08. The van der Waals surface area contributed by atoms with Crippen LogP contribution in [0.3, 0.4) is 0 Å². The van der Waals surface area contributed by atoms with Crippen molar-refractivity contribution in [1.82, 2.24) is 0 Å². The number of benzene rings is 1. The SMILES string of the molecule is Cc1ccc(CF)cc1C1(CN)CC1. The lowest BCUT2D eigenvalue weighted by Crippen LogP contribution is -2.20. The average molecular weight is 193 g/mol. The summed E-state index contributed by atoms with van der Waals surface area (Å²) < 4.78 is 12.5. The van der Waals surface area contributed by atoms with Gasteiger partial charge in [0.25, 0.3) is 0 Å². The lowest BCUT2D eigenvalue weighted by atomic mass is 9.90. The third kappa shape index (κ3) is 1.44. The van der Waals surface area contributed by atoms with Gasteiger partial charge in [0.05, 0.1) is 0 Å². The molecule has 0 radical (unpaired) electrons. The van der Waals surface area contributed by atoms with E-state index in [4.69, 9.17) is 5.73 Å². The minimum atomic E-state index is -0.381. The predicted molar refractivity (Wildman–Crippen MR) is 56.0 cm³/mol. The molecule has 0 atom stereocenters. The Balaban J connectivity index is 2.41. The normalized spacial score (nSPS) is 18.2. The van der Waals surface area contributed by atoms with Crippen LogP contribution in [-0.4, -0.2) is 6.54 Å². The summed E-state index contributed by atoms with van der Waals surface area (Å²) in [6.45, 7) is 2.38. The summed E-state index contributed by atoms with van der Waals surface area (Å²) in [5.74, 6) is 0. The maximum Gasteiger partial charge on any atom is 0.115 e. The van der Waals surface area contributed by atoms with Gasteiger partial charge >= 0.3 is 0 Å². The Morgan fingerprint density at radius 3 is 2.64 bits per heavy atom. The fourth-order valence-corrected chi connectivity index (χ4v) is 2.06. The molecular formula is C12H16FN. The molecule has 1 aromatic rings. The highest BCUT2D eigenvalue weighted by molar-refractivity contribution is 5.40. The smallest absolute Gasteiger partial charge is 0.115 e. The molecule has 1 aliphatic rings. The van der Waals surface area contributed by atoms with Gasteiger partial charge in [-0.2, -0.15) is 0 Å². The first-order chi connectivity index (χ1) is 6.72. The fraction of sp³-hybridized carbons (Fsp3) is 0.500.